The summed E-state index contributed by atoms with van der Waals surface area (Å²) in [5.41, 5.74) is 0.862. The van der Waals surface area contributed by atoms with E-state index in [2.05, 4.69) is 0 Å². The highest BCUT2D eigenvalue weighted by Gasteiger charge is 2.45. The fourth-order valence-electron chi connectivity index (χ4n) is 3.50. The first-order chi connectivity index (χ1) is 13.7. The van der Waals surface area contributed by atoms with Gasteiger partial charge < -0.3 is 14.7 Å². The molecule has 8 nitrogen and oxygen atoms in total. The Balaban J connectivity index is 2.23. The second-order valence-corrected chi connectivity index (χ2v) is 9.48. The molecule has 1 aromatic carbocycles. The quantitative estimate of drug-likeness (QED) is 0.595. The maximum Gasteiger partial charge on any atom is 0.326 e. The number of ether oxygens (including phenoxy) is 1. The molecule has 0 spiro atoms. The molecule has 1 aliphatic heterocycles. The average molecular weight is 426 g/mol. The Kier molecular flexibility index (Phi) is 7.78. The summed E-state index contributed by atoms with van der Waals surface area (Å²) in [6.45, 7) is 2.99. The van der Waals surface area contributed by atoms with E-state index >= 15 is 0 Å². The number of carbonyl (C=O) groups is 3. The molecule has 0 radical (unpaired) electrons. The minimum Gasteiger partial charge on any atom is -0.480 e. The molecule has 1 heterocycles. The zero-order chi connectivity index (χ0) is 21.6. The van der Waals surface area contributed by atoms with Gasteiger partial charge in [0, 0.05) is 6.54 Å². The lowest BCUT2D eigenvalue weighted by atomic mass is 10.1. The van der Waals surface area contributed by atoms with Crippen molar-refractivity contribution in [2.24, 2.45) is 0 Å². The highest BCUT2D eigenvalue weighted by molar-refractivity contribution is 7.94. The zero-order valence-corrected chi connectivity index (χ0v) is 17.4. The van der Waals surface area contributed by atoms with Gasteiger partial charge in [-0.3, -0.25) is 9.59 Å². The molecule has 1 fully saturated rings. The van der Waals surface area contributed by atoms with Crippen molar-refractivity contribution < 1.29 is 32.6 Å². The number of carbonyl (C=O) groups excluding carboxylic acids is 2. The fraction of sp³-hybridized carbons (Fsp3) is 0.550. The number of amides is 1. The van der Waals surface area contributed by atoms with Gasteiger partial charge in [-0.15, -0.1) is 0 Å². The summed E-state index contributed by atoms with van der Waals surface area (Å²) in [7, 11) is -4.24. The van der Waals surface area contributed by atoms with Gasteiger partial charge in [0.25, 0.3) is 0 Å². The molecular weight excluding hydrogens is 398 g/mol. The van der Waals surface area contributed by atoms with Crippen LogP contribution < -0.4 is 0 Å². The van der Waals surface area contributed by atoms with E-state index in [1.807, 2.05) is 30.3 Å². The van der Waals surface area contributed by atoms with E-state index in [0.29, 0.717) is 12.8 Å². The van der Waals surface area contributed by atoms with Crippen LogP contribution in [0, 0.1) is 0 Å². The molecule has 0 aromatic heterocycles. The van der Waals surface area contributed by atoms with Gasteiger partial charge in [0.1, 0.15) is 11.3 Å². The molecule has 1 aliphatic rings. The first-order valence-electron chi connectivity index (χ1n) is 9.66. The fourth-order valence-corrected chi connectivity index (χ4v) is 5.19. The highest BCUT2D eigenvalue weighted by Crippen LogP contribution is 2.24. The predicted octanol–water partition coefficient (Wildman–Crippen LogP) is 1.43. The first-order valence-corrected chi connectivity index (χ1v) is 11.3. The van der Waals surface area contributed by atoms with Crippen LogP contribution in [0.2, 0.25) is 0 Å². The van der Waals surface area contributed by atoms with Gasteiger partial charge in [0.2, 0.25) is 5.91 Å². The van der Waals surface area contributed by atoms with E-state index < -0.39 is 44.2 Å². The van der Waals surface area contributed by atoms with E-state index in [0.717, 1.165) is 10.5 Å². The molecule has 2 rings (SSSR count). The molecule has 2 unspecified atom stereocenters. The van der Waals surface area contributed by atoms with Crippen LogP contribution in [0.15, 0.2) is 30.3 Å². The lowest BCUT2D eigenvalue weighted by Crippen LogP contribution is -2.50. The van der Waals surface area contributed by atoms with Crippen molar-refractivity contribution in [3.63, 3.8) is 0 Å². The summed E-state index contributed by atoms with van der Waals surface area (Å²) >= 11 is 0. The SMILES string of the molecule is CCOC(=O)C(CCc1ccccc1)S(=O)(=O)C(C)C(=O)N1CCC[C@H]1C(=O)O. The second-order valence-electron chi connectivity index (χ2n) is 7.02. The van der Waals surface area contributed by atoms with Gasteiger partial charge in [-0.1, -0.05) is 30.3 Å². The molecule has 0 aliphatic carbocycles. The normalized spacial score (nSPS) is 18.8. The number of esters is 1. The number of nitrogens with zero attached hydrogens (tertiary/aromatic N) is 1. The molecule has 1 aromatic rings. The molecule has 1 saturated heterocycles. The van der Waals surface area contributed by atoms with E-state index in [9.17, 15) is 27.9 Å². The Morgan fingerprint density at radius 3 is 2.48 bits per heavy atom. The molecule has 1 amide bonds. The van der Waals surface area contributed by atoms with Crippen LogP contribution in [0.25, 0.3) is 0 Å². The molecule has 1 N–H and O–H groups in total. The molecule has 3 atom stereocenters. The minimum absolute atomic E-state index is 0.0196. The van der Waals surface area contributed by atoms with Crippen molar-refractivity contribution >= 4 is 27.7 Å². The number of carboxylic acids is 1. The predicted molar refractivity (Wildman–Crippen MR) is 106 cm³/mol. The maximum atomic E-state index is 13.1. The Bertz CT molecular complexity index is 838. The van der Waals surface area contributed by atoms with Crippen molar-refractivity contribution in [2.75, 3.05) is 13.2 Å². The molecule has 0 bridgehead atoms. The monoisotopic (exact) mass is 425 g/mol. The number of likely N-dealkylation sites (tertiary alicyclic amines) is 1. The smallest absolute Gasteiger partial charge is 0.326 e. The average Bonchev–Trinajstić information content (AvgIpc) is 3.18. The summed E-state index contributed by atoms with van der Waals surface area (Å²) in [5.74, 6) is -2.84. The minimum atomic E-state index is -4.24. The summed E-state index contributed by atoms with van der Waals surface area (Å²) in [6, 6.07) is 8.07. The number of carboxylic acid groups (broad SMARTS) is 1. The number of aryl methyl sites for hydroxylation is 1. The number of rotatable bonds is 9. The summed E-state index contributed by atoms with van der Waals surface area (Å²) in [5, 5.41) is 6.25. The lowest BCUT2D eigenvalue weighted by Gasteiger charge is -2.27. The van der Waals surface area contributed by atoms with Crippen molar-refractivity contribution in [1.29, 1.82) is 0 Å². The third kappa shape index (κ3) is 5.35. The van der Waals surface area contributed by atoms with Crippen LogP contribution >= 0.6 is 0 Å². The van der Waals surface area contributed by atoms with Crippen LogP contribution in [0.4, 0.5) is 0 Å². The molecule has 160 valence electrons. The summed E-state index contributed by atoms with van der Waals surface area (Å²) in [6.07, 6.45) is 1.07. The molecule has 29 heavy (non-hydrogen) atoms. The Labute approximate surface area is 170 Å². The van der Waals surface area contributed by atoms with Gasteiger partial charge in [-0.25, -0.2) is 13.2 Å². The Morgan fingerprint density at radius 1 is 1.24 bits per heavy atom. The molecule has 0 saturated carbocycles. The van der Waals surface area contributed by atoms with Crippen molar-refractivity contribution in [1.82, 2.24) is 4.90 Å². The van der Waals surface area contributed by atoms with Crippen molar-refractivity contribution in [2.45, 2.75) is 56.1 Å². The zero-order valence-electron chi connectivity index (χ0n) is 16.6. The maximum absolute atomic E-state index is 13.1. The first kappa shape index (κ1) is 22.9. The largest absolute Gasteiger partial charge is 0.480 e. The highest BCUT2D eigenvalue weighted by atomic mass is 32.2. The number of benzene rings is 1. The van der Waals surface area contributed by atoms with E-state index in [4.69, 9.17) is 4.74 Å². The summed E-state index contributed by atoms with van der Waals surface area (Å²) < 4.78 is 31.3. The number of aliphatic carboxylic acids is 1. The third-order valence-corrected chi connectivity index (χ3v) is 7.55. The van der Waals surface area contributed by atoms with Gasteiger partial charge in [0.15, 0.2) is 15.1 Å². The van der Waals surface area contributed by atoms with E-state index in [1.165, 1.54) is 6.92 Å². The van der Waals surface area contributed by atoms with Gasteiger partial charge >= 0.3 is 11.9 Å². The van der Waals surface area contributed by atoms with Crippen LogP contribution in [-0.2, 0) is 35.4 Å². The Morgan fingerprint density at radius 2 is 1.90 bits per heavy atom. The topological polar surface area (TPSA) is 118 Å². The number of hydrogen-bond donors (Lipinski definition) is 1. The third-order valence-electron chi connectivity index (χ3n) is 5.15. The summed E-state index contributed by atoms with van der Waals surface area (Å²) in [4.78, 5) is 37.7. The van der Waals surface area contributed by atoms with Crippen LogP contribution in [0.3, 0.4) is 0 Å². The number of hydrogen-bond acceptors (Lipinski definition) is 6. The van der Waals surface area contributed by atoms with Gasteiger partial charge in [0.05, 0.1) is 6.61 Å². The van der Waals surface area contributed by atoms with E-state index in [-0.39, 0.29) is 26.0 Å². The van der Waals surface area contributed by atoms with Crippen LogP contribution in [0.5, 0.6) is 0 Å². The van der Waals surface area contributed by atoms with Crippen molar-refractivity contribution in [3.8, 4) is 0 Å². The van der Waals surface area contributed by atoms with Crippen molar-refractivity contribution in [3.05, 3.63) is 35.9 Å². The lowest BCUT2D eigenvalue weighted by molar-refractivity contribution is -0.148. The van der Waals surface area contributed by atoms with Crippen LogP contribution in [-0.4, -0.2) is 66.0 Å². The van der Waals surface area contributed by atoms with Gasteiger partial charge in [-0.2, -0.15) is 0 Å². The van der Waals surface area contributed by atoms with Gasteiger partial charge in [-0.05, 0) is 45.1 Å². The molecule has 9 heteroatoms. The van der Waals surface area contributed by atoms with E-state index in [1.54, 1.807) is 6.92 Å². The Hall–Kier alpha value is -2.42. The number of sulfone groups is 1. The second kappa shape index (κ2) is 9.87. The van der Waals surface area contributed by atoms with Crippen LogP contribution in [0.1, 0.15) is 38.7 Å². The standard InChI is InChI=1S/C20H27NO7S/c1-3-28-20(25)17(12-11-15-8-5-4-6-9-15)29(26,27)14(2)18(22)21-13-7-10-16(21)19(23)24/h4-6,8-9,14,16-17H,3,7,10-13H2,1-2H3,(H,23,24)/t14?,16-,17?/m0/s1. The molecular formula is C20H27NO7S.